The molecular formula is C48H48O20S6. The number of hydrogen-bond acceptors (Lipinski definition) is 14. The number of hydrogen-bond donors (Lipinski definition) is 6. The van der Waals surface area contributed by atoms with Crippen molar-refractivity contribution in [2.24, 2.45) is 0 Å². The number of rotatable bonds is 17. The highest BCUT2D eigenvalue weighted by atomic mass is 32.2. The molecule has 0 radical (unpaired) electrons. The molecule has 0 saturated heterocycles. The predicted molar refractivity (Wildman–Crippen MR) is 269 cm³/mol. The zero-order valence-electron chi connectivity index (χ0n) is 39.7. The van der Waals surface area contributed by atoms with Crippen LogP contribution < -0.4 is 9.47 Å². The number of benzene rings is 6. The van der Waals surface area contributed by atoms with Gasteiger partial charge in [0.15, 0.2) is 5.75 Å². The lowest BCUT2D eigenvalue weighted by Gasteiger charge is -2.38. The standard InChI is InChI=1S/C48H48O20S6/c1-6-19-48(5,8-3)68-40-18-12-30(24-42(40)72(58,59)60)29-11-17-39(41(23-29)71(55,56)57)67-46-37(28-9-13-34(14-10-28)69(49,50)51)21-31(26-44(46)74(64,65)66)32-22-38-36-16-15-35(70(52,53)54)20-33(36)27-47(4,7-2)45(38)43(25-32)73(61,62)63/h9-18,20-26H,6-8,19,27H2,1-5H3,(H,49,50,51)(H,52,53,54)(H,55,56,57)(H,58,59,60)(H,61,62,63)(H,64,65,66). The molecule has 2 unspecified atom stereocenters. The Morgan fingerprint density at radius 2 is 0.946 bits per heavy atom. The Hall–Kier alpha value is -5.62. The molecule has 1 aliphatic rings. The van der Waals surface area contributed by atoms with E-state index in [1.165, 1.54) is 36.4 Å². The van der Waals surface area contributed by atoms with Gasteiger partial charge in [-0.05, 0) is 161 Å². The maximum atomic E-state index is 13.6. The lowest BCUT2D eigenvalue weighted by atomic mass is 9.67. The molecule has 6 aromatic carbocycles. The first-order valence-corrected chi connectivity index (χ1v) is 30.8. The molecule has 26 heteroatoms. The molecule has 0 amide bonds. The summed E-state index contributed by atoms with van der Waals surface area (Å²) in [5, 5.41) is 0. The highest BCUT2D eigenvalue weighted by Gasteiger charge is 2.40. The predicted octanol–water partition coefficient (Wildman–Crippen LogP) is 9.20. The third kappa shape index (κ3) is 11.5. The van der Waals surface area contributed by atoms with Gasteiger partial charge in [0, 0.05) is 5.56 Å². The first-order chi connectivity index (χ1) is 34.0. The van der Waals surface area contributed by atoms with Gasteiger partial charge < -0.3 is 9.47 Å². The quantitative estimate of drug-likeness (QED) is 0.0463. The monoisotopic (exact) mass is 1140 g/mol. The summed E-state index contributed by atoms with van der Waals surface area (Å²) in [7, 11) is -30.6. The zero-order valence-corrected chi connectivity index (χ0v) is 44.6. The van der Waals surface area contributed by atoms with Gasteiger partial charge in [-0.1, -0.05) is 64.4 Å². The fourth-order valence-electron chi connectivity index (χ4n) is 9.01. The van der Waals surface area contributed by atoms with E-state index < -0.39 is 113 Å². The summed E-state index contributed by atoms with van der Waals surface area (Å²) in [5.74, 6) is -1.89. The van der Waals surface area contributed by atoms with Crippen LogP contribution >= 0.6 is 0 Å². The fraction of sp³-hybridized carbons (Fsp3) is 0.250. The Labute approximate surface area is 428 Å². The van der Waals surface area contributed by atoms with Gasteiger partial charge in [0.05, 0.1) is 14.7 Å². The van der Waals surface area contributed by atoms with E-state index in [9.17, 15) is 77.8 Å². The van der Waals surface area contributed by atoms with Gasteiger partial charge in [-0.15, -0.1) is 0 Å². The first-order valence-electron chi connectivity index (χ1n) is 22.1. The van der Waals surface area contributed by atoms with E-state index in [0.717, 1.165) is 66.7 Å². The summed E-state index contributed by atoms with van der Waals surface area (Å²) in [5.41, 5.74) is -2.23. The Morgan fingerprint density at radius 1 is 0.486 bits per heavy atom. The maximum absolute atomic E-state index is 13.6. The molecule has 0 saturated carbocycles. The fourth-order valence-corrected chi connectivity index (χ4v) is 12.9. The minimum Gasteiger partial charge on any atom is -0.486 e. The van der Waals surface area contributed by atoms with Gasteiger partial charge in [-0.25, -0.2) is 0 Å². The Kier molecular flexibility index (Phi) is 14.8. The highest BCUT2D eigenvalue weighted by molar-refractivity contribution is 7.87. The van der Waals surface area contributed by atoms with Crippen molar-refractivity contribution in [3.63, 3.8) is 0 Å². The van der Waals surface area contributed by atoms with E-state index in [2.05, 4.69) is 0 Å². The molecule has 2 atom stereocenters. The summed E-state index contributed by atoms with van der Waals surface area (Å²) in [4.78, 5) is -4.62. The molecule has 6 N–H and O–H groups in total. The van der Waals surface area contributed by atoms with Crippen LogP contribution in [-0.4, -0.2) is 83.4 Å². The molecule has 0 heterocycles. The highest BCUT2D eigenvalue weighted by Crippen LogP contribution is 2.51. The molecule has 6 aromatic rings. The van der Waals surface area contributed by atoms with Crippen molar-refractivity contribution in [2.75, 3.05) is 0 Å². The van der Waals surface area contributed by atoms with Crippen LogP contribution in [-0.2, 0) is 72.5 Å². The van der Waals surface area contributed by atoms with Gasteiger partial charge in [-0.3, -0.25) is 27.3 Å². The van der Waals surface area contributed by atoms with Gasteiger partial charge in [0.2, 0.25) is 0 Å². The SMILES string of the molecule is CCCC(C)(CC)Oc1ccc(-c2ccc(Oc3c(-c4ccc(S(=O)(=O)O)cc4)cc(-c4cc5c(c(S(=O)(=O)O)c4)C(C)(CC)Cc4cc(S(=O)(=O)O)ccc4-5)cc3S(=O)(=O)O)c(S(=O)(=O)O)c2)cc1S(=O)(=O)O. The van der Waals surface area contributed by atoms with Gasteiger partial charge in [-0.2, -0.15) is 50.5 Å². The normalized spacial score (nSPS) is 16.2. The van der Waals surface area contributed by atoms with E-state index in [4.69, 9.17) is 9.47 Å². The second kappa shape index (κ2) is 19.5. The summed E-state index contributed by atoms with van der Waals surface area (Å²) in [6, 6.07) is 18.4. The van der Waals surface area contributed by atoms with Crippen molar-refractivity contribution in [1.82, 2.24) is 0 Å². The third-order valence-corrected chi connectivity index (χ3v) is 18.2. The largest absolute Gasteiger partial charge is 0.486 e. The van der Waals surface area contributed by atoms with Crippen LogP contribution in [0, 0.1) is 0 Å². The number of ether oxygens (including phenoxy) is 2. The van der Waals surface area contributed by atoms with Crippen LogP contribution in [0.5, 0.6) is 17.2 Å². The van der Waals surface area contributed by atoms with Crippen molar-refractivity contribution in [3.05, 3.63) is 114 Å². The van der Waals surface area contributed by atoms with Gasteiger partial charge >= 0.3 is 0 Å². The lowest BCUT2D eigenvalue weighted by molar-refractivity contribution is 0.0705. The van der Waals surface area contributed by atoms with Crippen molar-refractivity contribution in [3.8, 4) is 61.8 Å². The first kappa shape index (κ1) is 56.1. The second-order valence-corrected chi connectivity index (χ2v) is 26.5. The van der Waals surface area contributed by atoms with Crippen molar-refractivity contribution in [1.29, 1.82) is 0 Å². The molecule has 74 heavy (non-hydrogen) atoms. The van der Waals surface area contributed by atoms with Crippen LogP contribution in [0.15, 0.2) is 133 Å². The minimum absolute atomic E-state index is 0.0246. The molecule has 0 fully saturated rings. The third-order valence-electron chi connectivity index (χ3n) is 13.0. The van der Waals surface area contributed by atoms with Crippen LogP contribution in [0.25, 0.3) is 44.5 Å². The van der Waals surface area contributed by atoms with E-state index in [1.807, 2.05) is 13.8 Å². The molecule has 396 valence electrons. The van der Waals surface area contributed by atoms with Crippen molar-refractivity contribution in [2.45, 2.75) is 107 Å². The van der Waals surface area contributed by atoms with Crippen molar-refractivity contribution >= 4 is 60.7 Å². The molecule has 0 spiro atoms. The van der Waals surface area contributed by atoms with Crippen LogP contribution in [0.3, 0.4) is 0 Å². The summed E-state index contributed by atoms with van der Waals surface area (Å²) < 4.78 is 228. The van der Waals surface area contributed by atoms with Crippen molar-refractivity contribution < 1.29 is 87.3 Å². The number of fused-ring (bicyclic) bond motifs is 3. The lowest BCUT2D eigenvalue weighted by Crippen LogP contribution is -2.31. The minimum atomic E-state index is -5.55. The smallest absolute Gasteiger partial charge is 0.298 e. The average molecular weight is 1140 g/mol. The second-order valence-electron chi connectivity index (χ2n) is 18.1. The van der Waals surface area contributed by atoms with E-state index in [1.54, 1.807) is 20.8 Å². The molecule has 7 rings (SSSR count). The summed E-state index contributed by atoms with van der Waals surface area (Å²) in [6.45, 7) is 8.83. The Morgan fingerprint density at radius 3 is 1.43 bits per heavy atom. The molecule has 0 aromatic heterocycles. The van der Waals surface area contributed by atoms with Crippen LogP contribution in [0.2, 0.25) is 0 Å². The average Bonchev–Trinajstić information content (AvgIpc) is 3.29. The summed E-state index contributed by atoms with van der Waals surface area (Å²) >= 11 is 0. The van der Waals surface area contributed by atoms with Gasteiger partial charge in [0.25, 0.3) is 60.7 Å². The Balaban J connectivity index is 1.49. The van der Waals surface area contributed by atoms with E-state index in [-0.39, 0.29) is 68.7 Å². The molecule has 0 bridgehead atoms. The summed E-state index contributed by atoms with van der Waals surface area (Å²) in [6.07, 6.45) is 1.87. The molecule has 0 aliphatic heterocycles. The van der Waals surface area contributed by atoms with E-state index in [0.29, 0.717) is 24.8 Å². The van der Waals surface area contributed by atoms with E-state index >= 15 is 0 Å². The van der Waals surface area contributed by atoms with Crippen LogP contribution in [0.1, 0.15) is 71.4 Å². The Bertz CT molecular complexity index is 3990. The molecular weight excluding hydrogens is 1090 g/mol. The van der Waals surface area contributed by atoms with Crippen LogP contribution in [0.4, 0.5) is 0 Å². The van der Waals surface area contributed by atoms with Gasteiger partial charge in [0.1, 0.15) is 31.8 Å². The topological polar surface area (TPSA) is 345 Å². The molecule has 20 nitrogen and oxygen atoms in total. The maximum Gasteiger partial charge on any atom is 0.298 e. The zero-order chi connectivity index (χ0) is 54.9. The molecule has 1 aliphatic carbocycles.